The van der Waals surface area contributed by atoms with Crippen molar-refractivity contribution in [3.8, 4) is 0 Å². The number of carbonyl (C=O) groups is 1. The average Bonchev–Trinajstić information content (AvgIpc) is 2.80. The number of thiazole rings is 1. The van der Waals surface area contributed by atoms with Crippen LogP contribution in [0.1, 0.15) is 26.7 Å². The highest BCUT2D eigenvalue weighted by Gasteiger charge is 2.16. The summed E-state index contributed by atoms with van der Waals surface area (Å²) in [5.74, 6) is -0.757. The summed E-state index contributed by atoms with van der Waals surface area (Å²) in [5, 5.41) is 8.93. The topological polar surface area (TPSA) is 72.4 Å². The minimum atomic E-state index is -1.05. The Morgan fingerprint density at radius 1 is 1.53 bits per heavy atom. The zero-order valence-electron chi connectivity index (χ0n) is 9.39. The maximum atomic E-state index is 11.7. The Hall–Kier alpha value is -1.82. The van der Waals surface area contributed by atoms with E-state index in [1.54, 1.807) is 0 Å². The predicted molar refractivity (Wildman–Crippen MR) is 62.8 cm³/mol. The number of rotatable bonds is 3. The molecule has 1 N–H and O–H groups in total. The van der Waals surface area contributed by atoms with E-state index in [1.807, 2.05) is 13.8 Å². The molecule has 0 radical (unpaired) electrons. The van der Waals surface area contributed by atoms with Crippen LogP contribution in [0, 0.1) is 13.8 Å². The number of carboxylic acids is 1. The summed E-state index contributed by atoms with van der Waals surface area (Å²) in [5.41, 5.74) is 0.938. The Morgan fingerprint density at radius 3 is 2.76 bits per heavy atom. The number of carboxylic acid groups (broad SMARTS) is 1. The van der Waals surface area contributed by atoms with E-state index >= 15 is 0 Å². The molecule has 0 atom stereocenters. The third kappa shape index (κ3) is 2.03. The summed E-state index contributed by atoms with van der Waals surface area (Å²) in [6, 6.07) is 1.39. The van der Waals surface area contributed by atoms with Crippen LogP contribution in [0.4, 0.5) is 0 Å². The molecule has 0 fully saturated rings. The predicted octanol–water partition coefficient (Wildman–Crippen LogP) is 1.87. The summed E-state index contributed by atoms with van der Waals surface area (Å²) < 4.78 is 6.63. The van der Waals surface area contributed by atoms with E-state index in [4.69, 9.17) is 9.52 Å². The van der Waals surface area contributed by atoms with Crippen molar-refractivity contribution < 1.29 is 14.3 Å². The van der Waals surface area contributed by atoms with E-state index in [9.17, 15) is 9.59 Å². The van der Waals surface area contributed by atoms with Crippen LogP contribution < -0.4 is 4.87 Å². The van der Waals surface area contributed by atoms with Gasteiger partial charge in [-0.15, -0.1) is 0 Å². The number of nitrogens with zero attached hydrogens (tertiary/aromatic N) is 1. The Balaban J connectivity index is 2.41. The molecule has 2 aromatic heterocycles. The first-order valence-electron chi connectivity index (χ1n) is 4.97. The summed E-state index contributed by atoms with van der Waals surface area (Å²) >= 11 is 1.15. The van der Waals surface area contributed by atoms with Gasteiger partial charge in [0.1, 0.15) is 11.3 Å². The summed E-state index contributed by atoms with van der Waals surface area (Å²) in [4.78, 5) is 23.4. The lowest BCUT2D eigenvalue weighted by Gasteiger charge is -2.03. The third-order valence-electron chi connectivity index (χ3n) is 2.65. The lowest BCUT2D eigenvalue weighted by atomic mass is 10.2. The van der Waals surface area contributed by atoms with Gasteiger partial charge in [0.05, 0.1) is 12.8 Å². The average molecular weight is 253 g/mol. The summed E-state index contributed by atoms with van der Waals surface area (Å²) in [6.07, 6.45) is 1.32. The van der Waals surface area contributed by atoms with Crippen molar-refractivity contribution in [3.63, 3.8) is 0 Å². The first kappa shape index (κ1) is 11.7. The smallest absolute Gasteiger partial charge is 0.339 e. The second-order valence-corrected chi connectivity index (χ2v) is 4.82. The van der Waals surface area contributed by atoms with E-state index in [0.29, 0.717) is 5.76 Å². The van der Waals surface area contributed by atoms with E-state index in [-0.39, 0.29) is 17.0 Å². The second kappa shape index (κ2) is 4.21. The molecular weight excluding hydrogens is 242 g/mol. The molecule has 17 heavy (non-hydrogen) atoms. The third-order valence-corrected chi connectivity index (χ3v) is 3.65. The van der Waals surface area contributed by atoms with Crippen molar-refractivity contribution in [2.24, 2.45) is 0 Å². The van der Waals surface area contributed by atoms with Gasteiger partial charge in [0.15, 0.2) is 0 Å². The molecule has 6 heteroatoms. The van der Waals surface area contributed by atoms with Crippen molar-refractivity contribution in [3.05, 3.63) is 43.9 Å². The molecule has 0 saturated heterocycles. The Bertz CT molecular complexity index is 620. The minimum absolute atomic E-state index is 0.0974. The quantitative estimate of drug-likeness (QED) is 0.906. The van der Waals surface area contributed by atoms with Gasteiger partial charge in [0, 0.05) is 10.6 Å². The second-order valence-electron chi connectivity index (χ2n) is 3.66. The van der Waals surface area contributed by atoms with Gasteiger partial charge in [0.25, 0.3) is 0 Å². The molecule has 0 aromatic carbocycles. The van der Waals surface area contributed by atoms with Crippen LogP contribution in [-0.2, 0) is 6.54 Å². The highest BCUT2D eigenvalue weighted by Crippen LogP contribution is 2.15. The molecule has 0 unspecified atom stereocenters. The van der Waals surface area contributed by atoms with Crippen LogP contribution in [0.25, 0.3) is 0 Å². The van der Waals surface area contributed by atoms with Crippen LogP contribution in [0.15, 0.2) is 21.5 Å². The van der Waals surface area contributed by atoms with Gasteiger partial charge < -0.3 is 9.52 Å². The summed E-state index contributed by atoms with van der Waals surface area (Å²) in [7, 11) is 0. The maximum Gasteiger partial charge on any atom is 0.339 e. The van der Waals surface area contributed by atoms with E-state index in [2.05, 4.69) is 0 Å². The fourth-order valence-electron chi connectivity index (χ4n) is 1.57. The van der Waals surface area contributed by atoms with Crippen LogP contribution in [0.3, 0.4) is 0 Å². The molecular formula is C11H11NO4S. The van der Waals surface area contributed by atoms with Gasteiger partial charge in [-0.05, 0) is 19.9 Å². The maximum absolute atomic E-state index is 11.7. The van der Waals surface area contributed by atoms with Crippen molar-refractivity contribution in [2.45, 2.75) is 20.4 Å². The minimum Gasteiger partial charge on any atom is -0.478 e. The largest absolute Gasteiger partial charge is 0.478 e. The molecule has 2 aromatic rings. The van der Waals surface area contributed by atoms with E-state index in [0.717, 1.165) is 21.9 Å². The molecule has 0 saturated carbocycles. The van der Waals surface area contributed by atoms with Gasteiger partial charge in [-0.3, -0.25) is 9.36 Å². The van der Waals surface area contributed by atoms with Crippen molar-refractivity contribution in [2.75, 3.05) is 0 Å². The first-order chi connectivity index (χ1) is 8.00. The fraction of sp³-hybridized carbons (Fsp3) is 0.273. The SMILES string of the molecule is Cc1sc(=O)n(Cc2occc2C(=O)O)c1C. The van der Waals surface area contributed by atoms with Crippen LogP contribution in [0.5, 0.6) is 0 Å². The molecule has 90 valence electrons. The Kier molecular flexibility index (Phi) is 2.89. The monoisotopic (exact) mass is 253 g/mol. The molecule has 0 aliphatic carbocycles. The van der Waals surface area contributed by atoms with Gasteiger partial charge >= 0.3 is 10.8 Å². The number of hydrogen-bond donors (Lipinski definition) is 1. The van der Waals surface area contributed by atoms with Crippen LogP contribution >= 0.6 is 11.3 Å². The van der Waals surface area contributed by atoms with Gasteiger partial charge in [0.2, 0.25) is 0 Å². The van der Waals surface area contributed by atoms with E-state index < -0.39 is 5.97 Å². The summed E-state index contributed by atoms with van der Waals surface area (Å²) in [6.45, 7) is 3.85. The standard InChI is InChI=1S/C11H11NO4S/c1-6-7(2)17-11(15)12(6)5-9-8(10(13)14)3-4-16-9/h3-4H,5H2,1-2H3,(H,13,14). The molecule has 0 aliphatic heterocycles. The normalized spacial score (nSPS) is 10.7. The van der Waals surface area contributed by atoms with Crippen LogP contribution in [-0.4, -0.2) is 15.6 Å². The Labute approximate surface area is 101 Å². The number of aryl methyl sites for hydroxylation is 1. The zero-order valence-corrected chi connectivity index (χ0v) is 10.2. The van der Waals surface area contributed by atoms with Crippen molar-refractivity contribution in [1.82, 2.24) is 4.57 Å². The van der Waals surface area contributed by atoms with Gasteiger partial charge in [-0.1, -0.05) is 11.3 Å². The van der Waals surface area contributed by atoms with Crippen molar-refractivity contribution >= 4 is 17.3 Å². The molecule has 2 heterocycles. The molecule has 0 amide bonds. The molecule has 2 rings (SSSR count). The first-order valence-corrected chi connectivity index (χ1v) is 5.79. The van der Waals surface area contributed by atoms with Crippen molar-refractivity contribution in [1.29, 1.82) is 0 Å². The number of furan rings is 1. The number of hydrogen-bond acceptors (Lipinski definition) is 4. The molecule has 0 aliphatic rings. The van der Waals surface area contributed by atoms with E-state index in [1.165, 1.54) is 16.9 Å². The van der Waals surface area contributed by atoms with Gasteiger partial charge in [-0.25, -0.2) is 4.79 Å². The molecule has 5 nitrogen and oxygen atoms in total. The van der Waals surface area contributed by atoms with Gasteiger partial charge in [-0.2, -0.15) is 0 Å². The van der Waals surface area contributed by atoms with Crippen LogP contribution in [0.2, 0.25) is 0 Å². The zero-order chi connectivity index (χ0) is 12.6. The highest BCUT2D eigenvalue weighted by molar-refractivity contribution is 7.09. The number of aromatic nitrogens is 1. The Morgan fingerprint density at radius 2 is 2.24 bits per heavy atom. The fourth-order valence-corrected chi connectivity index (χ4v) is 2.40. The highest BCUT2D eigenvalue weighted by atomic mass is 32.1. The lowest BCUT2D eigenvalue weighted by molar-refractivity contribution is 0.0694. The molecule has 0 bridgehead atoms. The molecule has 0 spiro atoms. The lowest BCUT2D eigenvalue weighted by Crippen LogP contribution is -2.16. The number of aromatic carboxylic acids is 1.